The number of hydrogen-bond donors (Lipinski definition) is 0. The van der Waals surface area contributed by atoms with E-state index in [0.717, 1.165) is 56.1 Å². The van der Waals surface area contributed by atoms with Gasteiger partial charge in [0, 0.05) is 37.2 Å². The molecule has 1 aliphatic heterocycles. The van der Waals surface area contributed by atoms with E-state index in [9.17, 15) is 4.79 Å². The van der Waals surface area contributed by atoms with Crippen LogP contribution in [0.4, 0.5) is 0 Å². The van der Waals surface area contributed by atoms with Crippen LogP contribution in [0.2, 0.25) is 0 Å². The Morgan fingerprint density at radius 1 is 1.16 bits per heavy atom. The number of piperidine rings is 1. The summed E-state index contributed by atoms with van der Waals surface area (Å²) in [4.78, 5) is 18.9. The first-order valence-corrected chi connectivity index (χ1v) is 9.21. The molecule has 3 heterocycles. The minimum absolute atomic E-state index is 0.186. The molecule has 1 saturated heterocycles. The van der Waals surface area contributed by atoms with Crippen LogP contribution in [0.5, 0.6) is 0 Å². The fourth-order valence-electron chi connectivity index (χ4n) is 3.77. The van der Waals surface area contributed by atoms with Gasteiger partial charge in [-0.05, 0) is 58.9 Å². The van der Waals surface area contributed by atoms with Crippen molar-refractivity contribution in [2.24, 2.45) is 5.92 Å². The Balaban J connectivity index is 1.46. The zero-order valence-corrected chi connectivity index (χ0v) is 15.8. The Kier molecular flexibility index (Phi) is 5.25. The van der Waals surface area contributed by atoms with Gasteiger partial charge < -0.3 is 9.47 Å². The number of likely N-dealkylation sites (tertiary alicyclic amines) is 1. The van der Waals surface area contributed by atoms with Crippen LogP contribution in [0, 0.1) is 33.6 Å². The van der Waals surface area contributed by atoms with Crippen molar-refractivity contribution in [3.8, 4) is 0 Å². The standard InChI is InChI=1S/C19H29N5O/c1-14-11-15(2)24(21-14)13-19(25)22-8-5-18(6-9-22)7-10-23-16(3)12-20-17(23)4/h11-12,18H,5-10,13H2,1-4H3. The number of amides is 1. The van der Waals surface area contributed by atoms with Crippen LogP contribution < -0.4 is 0 Å². The maximum atomic E-state index is 12.5. The number of carbonyl (C=O) groups is 1. The molecule has 0 saturated carbocycles. The Hall–Kier alpha value is -2.11. The predicted molar refractivity (Wildman–Crippen MR) is 97.3 cm³/mol. The van der Waals surface area contributed by atoms with Crippen molar-refractivity contribution >= 4 is 5.91 Å². The molecule has 1 amide bonds. The minimum Gasteiger partial charge on any atom is -0.341 e. The summed E-state index contributed by atoms with van der Waals surface area (Å²) in [6.45, 7) is 11.3. The summed E-state index contributed by atoms with van der Waals surface area (Å²) in [5.74, 6) is 1.97. The van der Waals surface area contributed by atoms with E-state index < -0.39 is 0 Å². The first-order chi connectivity index (χ1) is 11.9. The largest absolute Gasteiger partial charge is 0.341 e. The molecule has 136 valence electrons. The van der Waals surface area contributed by atoms with Gasteiger partial charge in [-0.1, -0.05) is 0 Å². The molecule has 0 radical (unpaired) electrons. The molecule has 0 aromatic carbocycles. The first kappa shape index (κ1) is 17.7. The summed E-state index contributed by atoms with van der Waals surface area (Å²) in [5, 5.41) is 4.39. The molecule has 6 heteroatoms. The van der Waals surface area contributed by atoms with E-state index in [4.69, 9.17) is 0 Å². The lowest BCUT2D eigenvalue weighted by Gasteiger charge is -2.32. The van der Waals surface area contributed by atoms with E-state index in [0.29, 0.717) is 12.5 Å². The average Bonchev–Trinajstić information content (AvgIpc) is 3.07. The SMILES string of the molecule is Cc1cc(C)n(CC(=O)N2CCC(CCn3c(C)cnc3C)CC2)n1. The third-order valence-electron chi connectivity index (χ3n) is 5.37. The lowest BCUT2D eigenvalue weighted by molar-refractivity contribution is -0.133. The Morgan fingerprint density at radius 2 is 1.88 bits per heavy atom. The van der Waals surface area contributed by atoms with Crippen molar-refractivity contribution in [1.82, 2.24) is 24.2 Å². The lowest BCUT2D eigenvalue weighted by atomic mass is 9.93. The molecule has 6 nitrogen and oxygen atoms in total. The topological polar surface area (TPSA) is 56.0 Å². The summed E-state index contributed by atoms with van der Waals surface area (Å²) >= 11 is 0. The zero-order chi connectivity index (χ0) is 18.0. The quantitative estimate of drug-likeness (QED) is 0.839. The van der Waals surface area contributed by atoms with Gasteiger partial charge in [-0.25, -0.2) is 4.98 Å². The second-order valence-electron chi connectivity index (χ2n) is 7.30. The fourth-order valence-corrected chi connectivity index (χ4v) is 3.77. The van der Waals surface area contributed by atoms with E-state index in [2.05, 4.69) is 28.5 Å². The van der Waals surface area contributed by atoms with E-state index >= 15 is 0 Å². The van der Waals surface area contributed by atoms with Crippen LogP contribution in [0.1, 0.15) is 42.2 Å². The third kappa shape index (κ3) is 4.11. The van der Waals surface area contributed by atoms with Crippen molar-refractivity contribution in [3.63, 3.8) is 0 Å². The Morgan fingerprint density at radius 3 is 2.44 bits per heavy atom. The molecular weight excluding hydrogens is 314 g/mol. The van der Waals surface area contributed by atoms with Crippen molar-refractivity contribution in [3.05, 3.63) is 35.2 Å². The van der Waals surface area contributed by atoms with Crippen LogP contribution in [0.3, 0.4) is 0 Å². The van der Waals surface area contributed by atoms with Gasteiger partial charge in [0.05, 0.1) is 5.69 Å². The minimum atomic E-state index is 0.186. The summed E-state index contributed by atoms with van der Waals surface area (Å²) < 4.78 is 4.11. The monoisotopic (exact) mass is 343 g/mol. The highest BCUT2D eigenvalue weighted by Gasteiger charge is 2.23. The second-order valence-corrected chi connectivity index (χ2v) is 7.30. The zero-order valence-electron chi connectivity index (χ0n) is 15.8. The maximum absolute atomic E-state index is 12.5. The summed E-state index contributed by atoms with van der Waals surface area (Å²) in [7, 11) is 0. The summed E-state index contributed by atoms with van der Waals surface area (Å²) in [6, 6.07) is 2.01. The molecule has 0 N–H and O–H groups in total. The van der Waals surface area contributed by atoms with Gasteiger partial charge in [0.15, 0.2) is 0 Å². The number of carbonyl (C=O) groups excluding carboxylic acids is 1. The first-order valence-electron chi connectivity index (χ1n) is 9.21. The van der Waals surface area contributed by atoms with E-state index in [1.54, 1.807) is 0 Å². The molecular formula is C19H29N5O. The van der Waals surface area contributed by atoms with Gasteiger partial charge in [-0.15, -0.1) is 0 Å². The molecule has 25 heavy (non-hydrogen) atoms. The van der Waals surface area contributed by atoms with Crippen LogP contribution in [0.25, 0.3) is 0 Å². The molecule has 0 aliphatic carbocycles. The van der Waals surface area contributed by atoms with Gasteiger partial charge in [-0.2, -0.15) is 5.10 Å². The highest BCUT2D eigenvalue weighted by Crippen LogP contribution is 2.22. The number of hydrogen-bond acceptors (Lipinski definition) is 3. The third-order valence-corrected chi connectivity index (χ3v) is 5.37. The smallest absolute Gasteiger partial charge is 0.244 e. The fraction of sp³-hybridized carbons (Fsp3) is 0.632. The van der Waals surface area contributed by atoms with Gasteiger partial charge in [0.2, 0.25) is 5.91 Å². The predicted octanol–water partition coefficient (Wildman–Crippen LogP) is 2.64. The molecule has 0 spiro atoms. The molecule has 0 unspecified atom stereocenters. The second kappa shape index (κ2) is 7.42. The highest BCUT2D eigenvalue weighted by molar-refractivity contribution is 5.76. The van der Waals surface area contributed by atoms with Crippen molar-refractivity contribution in [1.29, 1.82) is 0 Å². The number of rotatable bonds is 5. The molecule has 3 rings (SSSR count). The highest BCUT2D eigenvalue weighted by atomic mass is 16.2. The van der Waals surface area contributed by atoms with Gasteiger partial charge >= 0.3 is 0 Å². The summed E-state index contributed by atoms with van der Waals surface area (Å²) in [5.41, 5.74) is 3.25. The number of nitrogens with zero attached hydrogens (tertiary/aromatic N) is 5. The lowest BCUT2D eigenvalue weighted by Crippen LogP contribution is -2.40. The van der Waals surface area contributed by atoms with Gasteiger partial charge in [-0.3, -0.25) is 9.48 Å². The van der Waals surface area contributed by atoms with Crippen molar-refractivity contribution in [2.45, 2.75) is 60.0 Å². The van der Waals surface area contributed by atoms with Crippen LogP contribution in [-0.2, 0) is 17.9 Å². The normalized spacial score (nSPS) is 15.8. The molecule has 0 bridgehead atoms. The van der Waals surface area contributed by atoms with E-state index in [-0.39, 0.29) is 5.91 Å². The number of aryl methyl sites for hydroxylation is 4. The Labute approximate surface area is 149 Å². The van der Waals surface area contributed by atoms with Crippen molar-refractivity contribution < 1.29 is 4.79 Å². The molecule has 2 aromatic heterocycles. The summed E-state index contributed by atoms with van der Waals surface area (Å²) in [6.07, 6.45) is 5.29. The average molecular weight is 343 g/mol. The Bertz CT molecular complexity index is 718. The van der Waals surface area contributed by atoms with Crippen LogP contribution in [0.15, 0.2) is 12.3 Å². The van der Waals surface area contributed by atoms with Crippen LogP contribution in [-0.4, -0.2) is 43.2 Å². The number of imidazole rings is 1. The van der Waals surface area contributed by atoms with Crippen molar-refractivity contribution in [2.75, 3.05) is 13.1 Å². The van der Waals surface area contributed by atoms with Crippen LogP contribution >= 0.6 is 0 Å². The number of aromatic nitrogens is 4. The molecule has 1 aliphatic rings. The molecule has 2 aromatic rings. The molecule has 1 fully saturated rings. The maximum Gasteiger partial charge on any atom is 0.244 e. The van der Waals surface area contributed by atoms with Gasteiger partial charge in [0.1, 0.15) is 12.4 Å². The van der Waals surface area contributed by atoms with Gasteiger partial charge in [0.25, 0.3) is 0 Å². The van der Waals surface area contributed by atoms with E-state index in [1.165, 1.54) is 5.69 Å². The van der Waals surface area contributed by atoms with E-state index in [1.807, 2.05) is 35.7 Å². The molecule has 0 atom stereocenters.